The fourth-order valence-corrected chi connectivity index (χ4v) is 3.23. The number of carbonyl (C=O) groups is 1. The highest BCUT2D eigenvalue weighted by Crippen LogP contribution is 2.35. The van der Waals surface area contributed by atoms with E-state index >= 15 is 0 Å². The third-order valence-corrected chi connectivity index (χ3v) is 4.86. The highest BCUT2D eigenvalue weighted by molar-refractivity contribution is 6.33. The zero-order valence-corrected chi connectivity index (χ0v) is 15.8. The molecule has 0 bridgehead atoms. The van der Waals surface area contributed by atoms with E-state index in [4.69, 9.17) is 27.9 Å². The summed E-state index contributed by atoms with van der Waals surface area (Å²) in [5.74, 6) is -0.303. The standard InChI is InChI=1S/C20H17Cl2NO3/c1-12(20(24)25)9-17-16-10-15(26-2)7-8-18(16)23(19(17)22)11-13-3-5-14(21)6-4-13/h3-10H,11H2,1-2H3,(H,24,25)/b12-9+. The second-order valence-corrected chi connectivity index (χ2v) is 6.73. The molecular weight excluding hydrogens is 373 g/mol. The van der Waals surface area contributed by atoms with Crippen LogP contribution in [-0.2, 0) is 11.3 Å². The summed E-state index contributed by atoms with van der Waals surface area (Å²) < 4.78 is 7.25. The van der Waals surface area contributed by atoms with Crippen molar-refractivity contribution in [2.75, 3.05) is 7.11 Å². The Hall–Kier alpha value is -2.43. The number of hydrogen-bond acceptors (Lipinski definition) is 2. The second-order valence-electron chi connectivity index (χ2n) is 5.93. The highest BCUT2D eigenvalue weighted by Gasteiger charge is 2.16. The predicted molar refractivity (Wildman–Crippen MR) is 105 cm³/mol. The number of benzene rings is 2. The third-order valence-electron chi connectivity index (χ3n) is 4.20. The average Bonchev–Trinajstić information content (AvgIpc) is 2.88. The molecule has 0 aliphatic heterocycles. The molecule has 1 N–H and O–H groups in total. The van der Waals surface area contributed by atoms with Crippen molar-refractivity contribution >= 4 is 46.2 Å². The van der Waals surface area contributed by atoms with Gasteiger partial charge in [0, 0.05) is 28.1 Å². The van der Waals surface area contributed by atoms with Gasteiger partial charge in [-0.15, -0.1) is 0 Å². The van der Waals surface area contributed by atoms with Crippen molar-refractivity contribution in [3.05, 3.63) is 69.3 Å². The van der Waals surface area contributed by atoms with Gasteiger partial charge in [0.25, 0.3) is 0 Å². The van der Waals surface area contributed by atoms with Gasteiger partial charge < -0.3 is 14.4 Å². The molecule has 0 unspecified atom stereocenters. The van der Waals surface area contributed by atoms with Gasteiger partial charge in [-0.2, -0.15) is 0 Å². The number of aliphatic carboxylic acids is 1. The van der Waals surface area contributed by atoms with Crippen molar-refractivity contribution in [2.24, 2.45) is 0 Å². The number of carboxylic acid groups (broad SMARTS) is 1. The SMILES string of the molecule is COc1ccc2c(c1)c(/C=C(\C)C(=O)O)c(Cl)n2Cc1ccc(Cl)cc1. The molecule has 0 atom stereocenters. The Balaban J connectivity index is 2.19. The lowest BCUT2D eigenvalue weighted by atomic mass is 10.1. The Morgan fingerprint density at radius 1 is 1.19 bits per heavy atom. The Kier molecular flexibility index (Phi) is 5.25. The summed E-state index contributed by atoms with van der Waals surface area (Å²) in [7, 11) is 1.59. The first-order valence-corrected chi connectivity index (χ1v) is 8.68. The largest absolute Gasteiger partial charge is 0.497 e. The van der Waals surface area contributed by atoms with Crippen LogP contribution in [0.4, 0.5) is 0 Å². The van der Waals surface area contributed by atoms with Crippen LogP contribution < -0.4 is 4.74 Å². The van der Waals surface area contributed by atoms with Crippen LogP contribution >= 0.6 is 23.2 Å². The highest BCUT2D eigenvalue weighted by atomic mass is 35.5. The van der Waals surface area contributed by atoms with E-state index in [0.717, 1.165) is 16.5 Å². The van der Waals surface area contributed by atoms with E-state index < -0.39 is 5.97 Å². The number of aromatic nitrogens is 1. The molecule has 6 heteroatoms. The van der Waals surface area contributed by atoms with E-state index in [1.165, 1.54) is 0 Å². The van der Waals surface area contributed by atoms with Crippen molar-refractivity contribution in [1.82, 2.24) is 4.57 Å². The van der Waals surface area contributed by atoms with E-state index in [2.05, 4.69) is 0 Å². The number of hydrogen-bond donors (Lipinski definition) is 1. The van der Waals surface area contributed by atoms with Crippen LogP contribution in [0.2, 0.25) is 10.2 Å². The topological polar surface area (TPSA) is 51.5 Å². The minimum absolute atomic E-state index is 0.209. The Bertz CT molecular complexity index is 1000. The molecule has 0 spiro atoms. The number of halogens is 2. The van der Waals surface area contributed by atoms with Crippen molar-refractivity contribution in [1.29, 1.82) is 0 Å². The van der Waals surface area contributed by atoms with Gasteiger partial charge in [0.1, 0.15) is 10.9 Å². The van der Waals surface area contributed by atoms with Crippen LogP contribution in [0, 0.1) is 0 Å². The molecule has 0 radical (unpaired) electrons. The van der Waals surface area contributed by atoms with Gasteiger partial charge >= 0.3 is 5.97 Å². The quantitative estimate of drug-likeness (QED) is 0.586. The summed E-state index contributed by atoms with van der Waals surface area (Å²) in [5.41, 5.74) is 2.80. The van der Waals surface area contributed by atoms with Crippen molar-refractivity contribution < 1.29 is 14.6 Å². The van der Waals surface area contributed by atoms with Gasteiger partial charge in [-0.1, -0.05) is 35.3 Å². The maximum atomic E-state index is 11.2. The molecule has 0 aliphatic carbocycles. The minimum Gasteiger partial charge on any atom is -0.497 e. The van der Waals surface area contributed by atoms with E-state index in [0.29, 0.717) is 28.0 Å². The fourth-order valence-electron chi connectivity index (χ4n) is 2.80. The fraction of sp³-hybridized carbons (Fsp3) is 0.150. The van der Waals surface area contributed by atoms with Gasteiger partial charge in [-0.25, -0.2) is 4.79 Å². The molecule has 2 aromatic carbocycles. The molecule has 134 valence electrons. The maximum absolute atomic E-state index is 11.2. The molecule has 0 saturated carbocycles. The zero-order valence-electron chi connectivity index (χ0n) is 14.3. The average molecular weight is 390 g/mol. The molecule has 26 heavy (non-hydrogen) atoms. The smallest absolute Gasteiger partial charge is 0.331 e. The first-order chi connectivity index (χ1) is 12.4. The summed E-state index contributed by atoms with van der Waals surface area (Å²) in [6.45, 7) is 2.08. The normalized spacial score (nSPS) is 11.8. The van der Waals surface area contributed by atoms with Crippen LogP contribution in [0.3, 0.4) is 0 Å². The Labute approximate surface area is 161 Å². The van der Waals surface area contributed by atoms with E-state index in [9.17, 15) is 9.90 Å². The van der Waals surface area contributed by atoms with Crippen molar-refractivity contribution in [3.8, 4) is 5.75 Å². The maximum Gasteiger partial charge on any atom is 0.331 e. The number of fused-ring (bicyclic) bond motifs is 1. The van der Waals surface area contributed by atoms with Crippen LogP contribution in [0.5, 0.6) is 5.75 Å². The van der Waals surface area contributed by atoms with Crippen LogP contribution in [-0.4, -0.2) is 22.8 Å². The van der Waals surface area contributed by atoms with E-state index in [-0.39, 0.29) is 5.57 Å². The van der Waals surface area contributed by atoms with Crippen molar-refractivity contribution in [3.63, 3.8) is 0 Å². The Morgan fingerprint density at radius 3 is 2.50 bits per heavy atom. The molecule has 0 amide bonds. The third kappa shape index (κ3) is 3.57. The lowest BCUT2D eigenvalue weighted by molar-refractivity contribution is -0.132. The summed E-state index contributed by atoms with van der Waals surface area (Å²) in [6.07, 6.45) is 1.59. The van der Waals surface area contributed by atoms with Gasteiger partial charge in [-0.3, -0.25) is 0 Å². The molecule has 0 fully saturated rings. The number of nitrogens with zero attached hydrogens (tertiary/aromatic N) is 1. The molecule has 1 aromatic heterocycles. The van der Waals surface area contributed by atoms with Crippen LogP contribution in [0.25, 0.3) is 17.0 Å². The van der Waals surface area contributed by atoms with E-state index in [1.54, 1.807) is 20.1 Å². The van der Waals surface area contributed by atoms with E-state index in [1.807, 2.05) is 47.0 Å². The molecule has 4 nitrogen and oxygen atoms in total. The van der Waals surface area contributed by atoms with Gasteiger partial charge in [0.2, 0.25) is 0 Å². The molecule has 3 rings (SSSR count). The van der Waals surface area contributed by atoms with Crippen LogP contribution in [0.1, 0.15) is 18.1 Å². The minimum atomic E-state index is -0.984. The lowest BCUT2D eigenvalue weighted by Gasteiger charge is -2.08. The Morgan fingerprint density at radius 2 is 1.88 bits per heavy atom. The molecule has 3 aromatic rings. The number of rotatable bonds is 5. The second kappa shape index (κ2) is 7.44. The first kappa shape index (κ1) is 18.4. The van der Waals surface area contributed by atoms with Crippen LogP contribution in [0.15, 0.2) is 48.0 Å². The van der Waals surface area contributed by atoms with Gasteiger partial charge in [0.05, 0.1) is 12.6 Å². The van der Waals surface area contributed by atoms with Gasteiger partial charge in [0.15, 0.2) is 0 Å². The number of methoxy groups -OCH3 is 1. The monoisotopic (exact) mass is 389 g/mol. The number of ether oxygens (including phenoxy) is 1. The molecular formula is C20H17Cl2NO3. The zero-order chi connectivity index (χ0) is 18.8. The molecule has 1 heterocycles. The summed E-state index contributed by atoms with van der Waals surface area (Å²) in [5, 5.41) is 11.2. The molecule has 0 aliphatic rings. The molecule has 0 saturated heterocycles. The van der Waals surface area contributed by atoms with Gasteiger partial charge in [-0.05, 0) is 48.9 Å². The summed E-state index contributed by atoms with van der Waals surface area (Å²) >= 11 is 12.6. The number of carboxylic acids is 1. The first-order valence-electron chi connectivity index (χ1n) is 7.92. The summed E-state index contributed by atoms with van der Waals surface area (Å²) in [6, 6.07) is 13.2. The lowest BCUT2D eigenvalue weighted by Crippen LogP contribution is -2.00. The predicted octanol–water partition coefficient (Wildman–Crippen LogP) is 5.49. The summed E-state index contributed by atoms with van der Waals surface area (Å²) in [4.78, 5) is 11.2. The van der Waals surface area contributed by atoms with Crippen molar-refractivity contribution in [2.45, 2.75) is 13.5 Å².